The van der Waals surface area contributed by atoms with Gasteiger partial charge in [-0.3, -0.25) is 0 Å². The van der Waals surface area contributed by atoms with Gasteiger partial charge in [-0.15, -0.1) is 0 Å². The van der Waals surface area contributed by atoms with Gasteiger partial charge in [-0.2, -0.15) is 0 Å². The van der Waals surface area contributed by atoms with E-state index in [2.05, 4.69) is 252 Å². The Labute approximate surface area is 371 Å². The molecule has 0 fully saturated rings. The third kappa shape index (κ3) is 5.66. The van der Waals surface area contributed by atoms with Gasteiger partial charge in [0.1, 0.15) is 0 Å². The van der Waals surface area contributed by atoms with Crippen LogP contribution in [0.25, 0.3) is 121 Å². The number of nitrogens with zero attached hydrogens (tertiary/aromatic N) is 2. The molecule has 0 bridgehead atoms. The van der Waals surface area contributed by atoms with Crippen LogP contribution in [0.5, 0.6) is 0 Å². The Morgan fingerprint density at radius 1 is 0.188 bits per heavy atom. The zero-order valence-electron chi connectivity index (χ0n) is 35.0. The molecule has 11 aromatic carbocycles. The van der Waals surface area contributed by atoms with Crippen LogP contribution < -0.4 is 0 Å². The Balaban J connectivity index is 0.935. The van der Waals surface area contributed by atoms with Crippen LogP contribution in [0.4, 0.5) is 0 Å². The molecular weight excluding hydrogens is 773 g/mol. The lowest BCUT2D eigenvalue weighted by molar-refractivity contribution is 1.18. The molecule has 0 aliphatic carbocycles. The van der Waals surface area contributed by atoms with Crippen molar-refractivity contribution in [1.29, 1.82) is 0 Å². The molecule has 0 N–H and O–H groups in total. The highest BCUT2D eigenvalue weighted by Crippen LogP contribution is 2.44. The zero-order valence-corrected chi connectivity index (χ0v) is 35.0. The molecular formula is C62H40N2. The summed E-state index contributed by atoms with van der Waals surface area (Å²) in [5, 5.41) is 10.0. The van der Waals surface area contributed by atoms with Crippen LogP contribution in [0.1, 0.15) is 0 Å². The van der Waals surface area contributed by atoms with Crippen molar-refractivity contribution in [2.45, 2.75) is 0 Å². The first-order chi connectivity index (χ1) is 31.8. The summed E-state index contributed by atoms with van der Waals surface area (Å²) in [6.45, 7) is 0. The fourth-order valence-electron chi connectivity index (χ4n) is 10.4. The van der Waals surface area contributed by atoms with Crippen molar-refractivity contribution in [2.75, 3.05) is 0 Å². The molecule has 0 aliphatic heterocycles. The average Bonchev–Trinajstić information content (AvgIpc) is 3.88. The molecule has 2 aromatic heterocycles. The number of para-hydroxylation sites is 2. The van der Waals surface area contributed by atoms with Gasteiger partial charge in [-0.05, 0) is 121 Å². The summed E-state index contributed by atoms with van der Waals surface area (Å²) in [6, 6.07) is 88.9. The summed E-state index contributed by atoms with van der Waals surface area (Å²) < 4.78 is 4.84. The minimum atomic E-state index is 1.14. The highest BCUT2D eigenvalue weighted by atomic mass is 15.0. The first kappa shape index (κ1) is 36.2. The predicted molar refractivity (Wildman–Crippen MR) is 272 cm³/mol. The first-order valence-corrected chi connectivity index (χ1v) is 22.1. The van der Waals surface area contributed by atoms with Gasteiger partial charge in [0.05, 0.1) is 22.1 Å². The van der Waals surface area contributed by atoms with E-state index in [4.69, 9.17) is 0 Å². The van der Waals surface area contributed by atoms with Crippen LogP contribution in [0.15, 0.2) is 243 Å². The molecule has 0 spiro atoms. The molecule has 0 atom stereocenters. The van der Waals surface area contributed by atoms with E-state index in [0.29, 0.717) is 0 Å². The Morgan fingerprint density at radius 2 is 0.531 bits per heavy atom. The molecule has 2 nitrogen and oxygen atoms in total. The van der Waals surface area contributed by atoms with E-state index >= 15 is 0 Å². The van der Waals surface area contributed by atoms with Crippen LogP contribution >= 0.6 is 0 Å². The predicted octanol–water partition coefficient (Wildman–Crippen LogP) is 16.9. The summed E-state index contributed by atoms with van der Waals surface area (Å²) in [5.41, 5.74) is 16.9. The largest absolute Gasteiger partial charge is 0.309 e. The molecule has 0 unspecified atom stereocenters. The third-order valence-electron chi connectivity index (χ3n) is 13.3. The Bertz CT molecular complexity index is 3850. The maximum Gasteiger partial charge on any atom is 0.0547 e. The fraction of sp³-hybridized carbons (Fsp3) is 0. The van der Waals surface area contributed by atoms with Crippen molar-refractivity contribution in [3.05, 3.63) is 243 Å². The van der Waals surface area contributed by atoms with Crippen LogP contribution in [0.3, 0.4) is 0 Å². The van der Waals surface area contributed by atoms with E-state index in [1.807, 2.05) is 0 Å². The van der Waals surface area contributed by atoms with E-state index in [0.717, 1.165) is 11.4 Å². The van der Waals surface area contributed by atoms with Gasteiger partial charge < -0.3 is 9.13 Å². The molecule has 0 saturated carbocycles. The lowest BCUT2D eigenvalue weighted by Crippen LogP contribution is -1.95. The fourth-order valence-corrected chi connectivity index (χ4v) is 10.4. The summed E-state index contributed by atoms with van der Waals surface area (Å²) in [5.74, 6) is 0. The monoisotopic (exact) mass is 812 g/mol. The third-order valence-corrected chi connectivity index (χ3v) is 13.3. The molecule has 0 radical (unpaired) electrons. The SMILES string of the molecule is c1ccc(-c2ccc(-n3c4ccccc4c4cc(-c5ccc6c7ccccc7n(-c7ccc(-c8c9ccccc9c(-c9ccccc9)c9ccccc89)cc7)c6c5)ccc43)cc2)cc1. The summed E-state index contributed by atoms with van der Waals surface area (Å²) >= 11 is 0. The van der Waals surface area contributed by atoms with E-state index in [9.17, 15) is 0 Å². The van der Waals surface area contributed by atoms with Crippen molar-refractivity contribution < 1.29 is 0 Å². The minimum Gasteiger partial charge on any atom is -0.309 e. The second kappa shape index (κ2) is 14.6. The Kier molecular flexibility index (Phi) is 8.25. The quantitative estimate of drug-likeness (QED) is 0.148. The molecule has 2 heteroatoms. The van der Waals surface area contributed by atoms with E-state index in [1.54, 1.807) is 0 Å². The molecule has 0 aliphatic rings. The first-order valence-electron chi connectivity index (χ1n) is 22.1. The maximum absolute atomic E-state index is 2.44. The minimum absolute atomic E-state index is 1.14. The standard InChI is InChI=1S/C62H40N2/c1-3-15-41(16-4-1)42-27-33-47(34-28-42)63-58-26-14-12-20-50(58)56-39-45(32-38-59(56)63)46-31-37-51-49-19-11-13-25-57(49)64(60(51)40-46)48-35-29-44(30-36-48)62-54-23-9-7-21-52(54)61(43-17-5-2-6-18-43)53-22-8-10-24-55(53)62/h1-40H. The number of hydrogen-bond acceptors (Lipinski definition) is 0. The normalized spacial score (nSPS) is 11.8. The van der Waals surface area contributed by atoms with Gasteiger partial charge in [0.25, 0.3) is 0 Å². The lowest BCUT2D eigenvalue weighted by Gasteiger charge is -2.18. The van der Waals surface area contributed by atoms with Gasteiger partial charge in [0.2, 0.25) is 0 Å². The zero-order chi connectivity index (χ0) is 42.1. The molecule has 298 valence electrons. The van der Waals surface area contributed by atoms with Crippen molar-refractivity contribution in [3.8, 4) is 55.9 Å². The average molecular weight is 813 g/mol. The van der Waals surface area contributed by atoms with E-state index in [1.165, 1.54) is 110 Å². The smallest absolute Gasteiger partial charge is 0.0547 e. The van der Waals surface area contributed by atoms with Crippen LogP contribution in [-0.2, 0) is 0 Å². The second-order valence-electron chi connectivity index (χ2n) is 16.8. The number of rotatable bonds is 6. The molecule has 0 saturated heterocycles. The maximum atomic E-state index is 2.44. The van der Waals surface area contributed by atoms with Crippen molar-refractivity contribution in [3.63, 3.8) is 0 Å². The molecule has 13 rings (SSSR count). The van der Waals surface area contributed by atoms with Gasteiger partial charge >= 0.3 is 0 Å². The van der Waals surface area contributed by atoms with Gasteiger partial charge in [0.15, 0.2) is 0 Å². The van der Waals surface area contributed by atoms with Gasteiger partial charge in [0, 0.05) is 32.9 Å². The van der Waals surface area contributed by atoms with Crippen LogP contribution in [0.2, 0.25) is 0 Å². The Morgan fingerprint density at radius 3 is 1.09 bits per heavy atom. The summed E-state index contributed by atoms with van der Waals surface area (Å²) in [7, 11) is 0. The topological polar surface area (TPSA) is 9.86 Å². The van der Waals surface area contributed by atoms with Crippen molar-refractivity contribution >= 4 is 65.2 Å². The number of benzene rings is 11. The lowest BCUT2D eigenvalue weighted by atomic mass is 9.86. The van der Waals surface area contributed by atoms with Crippen LogP contribution in [0, 0.1) is 0 Å². The molecule has 13 aromatic rings. The second-order valence-corrected chi connectivity index (χ2v) is 16.8. The molecule has 0 amide bonds. The number of fused-ring (bicyclic) bond motifs is 8. The van der Waals surface area contributed by atoms with Crippen molar-refractivity contribution in [2.24, 2.45) is 0 Å². The van der Waals surface area contributed by atoms with Crippen molar-refractivity contribution in [1.82, 2.24) is 9.13 Å². The van der Waals surface area contributed by atoms with E-state index in [-0.39, 0.29) is 0 Å². The highest BCUT2D eigenvalue weighted by Gasteiger charge is 2.19. The molecule has 64 heavy (non-hydrogen) atoms. The van der Waals surface area contributed by atoms with Crippen LogP contribution in [-0.4, -0.2) is 9.13 Å². The summed E-state index contributed by atoms with van der Waals surface area (Å²) in [6.07, 6.45) is 0. The van der Waals surface area contributed by atoms with Gasteiger partial charge in [-0.1, -0.05) is 188 Å². The number of hydrogen-bond donors (Lipinski definition) is 0. The number of aromatic nitrogens is 2. The summed E-state index contributed by atoms with van der Waals surface area (Å²) in [4.78, 5) is 0. The Hall–Kier alpha value is -8.46. The van der Waals surface area contributed by atoms with E-state index < -0.39 is 0 Å². The highest BCUT2D eigenvalue weighted by molar-refractivity contribution is 6.21. The molecule has 2 heterocycles. The van der Waals surface area contributed by atoms with Gasteiger partial charge in [-0.25, -0.2) is 0 Å².